The highest BCUT2D eigenvalue weighted by Crippen LogP contribution is 2.33. The number of carbonyl (C=O) groups is 4. The third-order valence-corrected chi connectivity index (χ3v) is 8.49. The van der Waals surface area contributed by atoms with Crippen LogP contribution in [0.5, 0.6) is 0 Å². The second kappa shape index (κ2) is 13.6. The van der Waals surface area contributed by atoms with E-state index in [2.05, 4.69) is 28.2 Å². The Kier molecular flexibility index (Phi) is 10.2. The van der Waals surface area contributed by atoms with Crippen molar-refractivity contribution >= 4 is 29.7 Å². The van der Waals surface area contributed by atoms with Crippen molar-refractivity contribution in [2.75, 3.05) is 13.1 Å². The van der Waals surface area contributed by atoms with Gasteiger partial charge in [0.25, 0.3) is 5.91 Å². The minimum atomic E-state index is -0.878. The minimum Gasteiger partial charge on any atom is -0.392 e. The van der Waals surface area contributed by atoms with Gasteiger partial charge in [0.05, 0.1) is 18.1 Å². The summed E-state index contributed by atoms with van der Waals surface area (Å²) in [4.78, 5) is 55.1. The third-order valence-electron chi connectivity index (χ3n) is 8.49. The summed E-state index contributed by atoms with van der Waals surface area (Å²) >= 11 is 0. The number of aliphatic hydroxyl groups excluding tert-OH is 1. The molecular formula is C31H45N5O5. The molecule has 3 aliphatic rings. The smallest absolute Gasteiger partial charge is 0.258 e. The van der Waals surface area contributed by atoms with Gasteiger partial charge in [0, 0.05) is 13.1 Å². The van der Waals surface area contributed by atoms with Crippen LogP contribution < -0.4 is 16.1 Å². The van der Waals surface area contributed by atoms with Crippen LogP contribution in [0.25, 0.3) is 6.08 Å². The normalized spacial score (nSPS) is 31.6. The van der Waals surface area contributed by atoms with Crippen LogP contribution in [-0.2, 0) is 19.2 Å². The maximum atomic E-state index is 13.7. The second-order valence-corrected chi connectivity index (χ2v) is 12.0. The zero-order valence-electron chi connectivity index (χ0n) is 24.6. The largest absolute Gasteiger partial charge is 0.392 e. The number of amides is 4. The molecule has 1 aromatic carbocycles. The van der Waals surface area contributed by atoms with Gasteiger partial charge in [0.1, 0.15) is 18.1 Å². The number of hydrogen-bond donors (Lipinski definition) is 4. The molecule has 0 radical (unpaired) electrons. The van der Waals surface area contributed by atoms with Gasteiger partial charge in [-0.2, -0.15) is 0 Å². The lowest BCUT2D eigenvalue weighted by Crippen LogP contribution is -2.62. The van der Waals surface area contributed by atoms with Crippen molar-refractivity contribution < 1.29 is 24.3 Å². The SMILES string of the molecule is CC1NC(=O)C(C(C)C)NC(=O)C(C)C(O)CC/C=C/c2cccc(c2)C2CCCN2C(=O)C2CCCN(N2)C1=O. The van der Waals surface area contributed by atoms with E-state index in [1.165, 1.54) is 5.01 Å². The highest BCUT2D eigenvalue weighted by molar-refractivity contribution is 5.92. The molecule has 4 rings (SSSR count). The van der Waals surface area contributed by atoms with Gasteiger partial charge >= 0.3 is 0 Å². The van der Waals surface area contributed by atoms with E-state index in [1.54, 1.807) is 13.8 Å². The molecule has 3 aliphatic heterocycles. The molecule has 6 atom stereocenters. The van der Waals surface area contributed by atoms with Crippen LogP contribution in [0.15, 0.2) is 30.3 Å². The van der Waals surface area contributed by atoms with Crippen molar-refractivity contribution in [3.63, 3.8) is 0 Å². The monoisotopic (exact) mass is 567 g/mol. The number of allylic oxidation sites excluding steroid dienone is 1. The van der Waals surface area contributed by atoms with E-state index in [0.717, 1.165) is 24.0 Å². The second-order valence-electron chi connectivity index (χ2n) is 12.0. The van der Waals surface area contributed by atoms with Crippen molar-refractivity contribution in [1.82, 2.24) is 26.0 Å². The summed E-state index contributed by atoms with van der Waals surface area (Å²) < 4.78 is 0. The molecule has 1 aromatic rings. The zero-order valence-corrected chi connectivity index (χ0v) is 24.6. The highest BCUT2D eigenvalue weighted by atomic mass is 16.3. The summed E-state index contributed by atoms with van der Waals surface area (Å²) in [6, 6.07) is 5.87. The Bertz CT molecular complexity index is 1150. The van der Waals surface area contributed by atoms with E-state index in [0.29, 0.717) is 38.8 Å². The number of hydrogen-bond acceptors (Lipinski definition) is 6. The number of aliphatic hydroxyl groups is 1. The molecule has 0 spiro atoms. The van der Waals surface area contributed by atoms with E-state index in [9.17, 15) is 24.3 Å². The fraction of sp³-hybridized carbons (Fsp3) is 0.613. The quantitative estimate of drug-likeness (QED) is 0.412. The Hall–Kier alpha value is -3.24. The molecule has 4 amide bonds. The minimum absolute atomic E-state index is 0.0181. The van der Waals surface area contributed by atoms with E-state index in [4.69, 9.17) is 0 Å². The first-order chi connectivity index (χ1) is 19.6. The summed E-state index contributed by atoms with van der Waals surface area (Å²) in [6.45, 7) is 7.99. The predicted molar refractivity (Wildman–Crippen MR) is 156 cm³/mol. The van der Waals surface area contributed by atoms with Gasteiger partial charge in [-0.15, -0.1) is 0 Å². The van der Waals surface area contributed by atoms with Gasteiger partial charge in [-0.05, 0) is 68.6 Å². The Balaban J connectivity index is 1.61. The van der Waals surface area contributed by atoms with E-state index < -0.39 is 42.0 Å². The zero-order chi connectivity index (χ0) is 29.7. The Labute approximate surface area is 242 Å². The van der Waals surface area contributed by atoms with Gasteiger partial charge in [-0.25, -0.2) is 5.43 Å². The third kappa shape index (κ3) is 7.35. The van der Waals surface area contributed by atoms with Crippen LogP contribution in [0, 0.1) is 11.8 Å². The summed E-state index contributed by atoms with van der Waals surface area (Å²) in [5.41, 5.74) is 5.22. The number of hydrazine groups is 1. The molecule has 10 heteroatoms. The molecule has 2 saturated heterocycles. The molecule has 224 valence electrons. The molecule has 6 unspecified atom stereocenters. The lowest BCUT2D eigenvalue weighted by Gasteiger charge is -2.37. The predicted octanol–water partition coefficient (Wildman–Crippen LogP) is 2.30. The van der Waals surface area contributed by atoms with E-state index in [-0.39, 0.29) is 23.8 Å². The van der Waals surface area contributed by atoms with Crippen molar-refractivity contribution in [1.29, 1.82) is 0 Å². The molecule has 2 fully saturated rings. The summed E-state index contributed by atoms with van der Waals surface area (Å²) in [5, 5.41) is 17.7. The maximum absolute atomic E-state index is 13.7. The Morgan fingerprint density at radius 2 is 1.68 bits per heavy atom. The molecule has 41 heavy (non-hydrogen) atoms. The van der Waals surface area contributed by atoms with Gasteiger partial charge in [-0.3, -0.25) is 24.2 Å². The summed E-state index contributed by atoms with van der Waals surface area (Å²) in [7, 11) is 0. The van der Waals surface area contributed by atoms with Crippen LogP contribution in [0.3, 0.4) is 0 Å². The number of nitrogens with zero attached hydrogens (tertiary/aromatic N) is 2. The van der Waals surface area contributed by atoms with Crippen LogP contribution >= 0.6 is 0 Å². The molecule has 3 heterocycles. The lowest BCUT2D eigenvalue weighted by molar-refractivity contribution is -0.146. The summed E-state index contributed by atoms with van der Waals surface area (Å²) in [5.74, 6) is -2.18. The van der Waals surface area contributed by atoms with Crippen LogP contribution in [-0.4, -0.2) is 76.0 Å². The molecule has 4 bridgehead atoms. The first kappa shape index (κ1) is 30.7. The fourth-order valence-corrected chi connectivity index (χ4v) is 5.90. The number of fused-ring (bicyclic) bond motifs is 6. The summed E-state index contributed by atoms with van der Waals surface area (Å²) in [6.07, 6.45) is 7.16. The Morgan fingerprint density at radius 1 is 0.927 bits per heavy atom. The van der Waals surface area contributed by atoms with Gasteiger partial charge in [-0.1, -0.05) is 51.1 Å². The topological polar surface area (TPSA) is 131 Å². The van der Waals surface area contributed by atoms with Crippen molar-refractivity contribution in [3.8, 4) is 0 Å². The molecule has 10 nitrogen and oxygen atoms in total. The van der Waals surface area contributed by atoms with Crippen LogP contribution in [0.1, 0.15) is 83.4 Å². The molecule has 0 aliphatic carbocycles. The van der Waals surface area contributed by atoms with Crippen molar-refractivity contribution in [2.24, 2.45) is 11.8 Å². The Morgan fingerprint density at radius 3 is 2.44 bits per heavy atom. The number of nitrogens with one attached hydrogen (secondary N) is 3. The molecule has 0 saturated carbocycles. The number of carbonyl (C=O) groups excluding carboxylic acids is 4. The number of rotatable bonds is 1. The standard InChI is InChI=1S/C31H45N5O5/c1-19(2)27-29(39)32-21(4)30(40)36-17-8-13-24(34-36)31(41)35-16-9-14-25(35)23-12-7-11-22(18-23)10-5-6-15-26(37)20(3)28(38)33-27/h5,7,10-12,18-21,24-27,34,37H,6,8-9,13-17H2,1-4H3,(H,32,39)(H,33,38)/b10-5+. The van der Waals surface area contributed by atoms with E-state index in [1.807, 2.05) is 43.0 Å². The van der Waals surface area contributed by atoms with Crippen molar-refractivity contribution in [2.45, 2.75) is 96.5 Å². The average Bonchev–Trinajstić information content (AvgIpc) is 3.46. The molecule has 0 aromatic heterocycles. The maximum Gasteiger partial charge on any atom is 0.258 e. The van der Waals surface area contributed by atoms with Gasteiger partial charge in [0.2, 0.25) is 17.7 Å². The van der Waals surface area contributed by atoms with Crippen LogP contribution in [0.4, 0.5) is 0 Å². The number of benzene rings is 1. The lowest BCUT2D eigenvalue weighted by atomic mass is 9.96. The van der Waals surface area contributed by atoms with E-state index >= 15 is 0 Å². The van der Waals surface area contributed by atoms with Gasteiger partial charge < -0.3 is 20.6 Å². The molecular weight excluding hydrogens is 522 g/mol. The van der Waals surface area contributed by atoms with Gasteiger partial charge in [0.15, 0.2) is 0 Å². The van der Waals surface area contributed by atoms with Crippen molar-refractivity contribution in [3.05, 3.63) is 41.5 Å². The first-order valence-corrected chi connectivity index (χ1v) is 15.0. The average molecular weight is 568 g/mol. The van der Waals surface area contributed by atoms with Crippen LogP contribution in [0.2, 0.25) is 0 Å². The first-order valence-electron chi connectivity index (χ1n) is 15.0. The fourth-order valence-electron chi connectivity index (χ4n) is 5.90. The highest BCUT2D eigenvalue weighted by Gasteiger charge is 2.38. The molecule has 4 N–H and O–H groups in total.